The number of carbonyl (C=O) groups is 1. The first-order valence-electron chi connectivity index (χ1n) is 8.78. The number of nitrogens with zero attached hydrogens (tertiary/aromatic N) is 3. The Morgan fingerprint density at radius 3 is 2.88 bits per heavy atom. The Morgan fingerprint density at radius 1 is 1.29 bits per heavy atom. The molecule has 1 aliphatic rings. The zero-order valence-corrected chi connectivity index (χ0v) is 14.1. The van der Waals surface area contributed by atoms with Crippen LogP contribution in [0.1, 0.15) is 51.3 Å². The molecule has 1 aliphatic carbocycles. The van der Waals surface area contributed by atoms with Crippen LogP contribution in [0.3, 0.4) is 0 Å². The average Bonchev–Trinajstić information content (AvgIpc) is 3.10. The van der Waals surface area contributed by atoms with E-state index in [-0.39, 0.29) is 5.91 Å². The zero-order chi connectivity index (χ0) is 16.8. The van der Waals surface area contributed by atoms with Gasteiger partial charge in [-0.15, -0.1) is 0 Å². The van der Waals surface area contributed by atoms with Crippen molar-refractivity contribution in [3.8, 4) is 11.4 Å². The summed E-state index contributed by atoms with van der Waals surface area (Å²) in [6.07, 6.45) is 10.2. The van der Waals surface area contributed by atoms with Gasteiger partial charge in [-0.2, -0.15) is 4.98 Å². The van der Waals surface area contributed by atoms with Gasteiger partial charge in [0, 0.05) is 36.8 Å². The summed E-state index contributed by atoms with van der Waals surface area (Å²) in [5, 5.41) is 7.15. The van der Waals surface area contributed by atoms with Crippen LogP contribution >= 0.6 is 0 Å². The van der Waals surface area contributed by atoms with Gasteiger partial charge >= 0.3 is 0 Å². The number of hydrogen-bond acceptors (Lipinski definition) is 5. The van der Waals surface area contributed by atoms with Gasteiger partial charge in [-0.3, -0.25) is 9.78 Å². The first-order chi connectivity index (χ1) is 11.8. The van der Waals surface area contributed by atoms with Crippen LogP contribution in [0.15, 0.2) is 29.0 Å². The fourth-order valence-electron chi connectivity index (χ4n) is 3.36. The van der Waals surface area contributed by atoms with Crippen molar-refractivity contribution in [1.29, 1.82) is 0 Å². The Hall–Kier alpha value is -2.24. The van der Waals surface area contributed by atoms with E-state index in [1.54, 1.807) is 12.4 Å². The van der Waals surface area contributed by atoms with Crippen LogP contribution in [-0.2, 0) is 11.2 Å². The average molecular weight is 328 g/mol. The van der Waals surface area contributed by atoms with Crippen LogP contribution < -0.4 is 5.32 Å². The van der Waals surface area contributed by atoms with Gasteiger partial charge in [0.15, 0.2) is 0 Å². The van der Waals surface area contributed by atoms with Crippen LogP contribution in [-0.4, -0.2) is 27.1 Å². The smallest absolute Gasteiger partial charge is 0.227 e. The second kappa shape index (κ2) is 8.04. The molecular weight excluding hydrogens is 304 g/mol. The minimum absolute atomic E-state index is 0.0732. The van der Waals surface area contributed by atoms with Crippen LogP contribution in [0.2, 0.25) is 0 Å². The second-order valence-electron chi connectivity index (χ2n) is 6.37. The van der Waals surface area contributed by atoms with E-state index < -0.39 is 0 Å². The van der Waals surface area contributed by atoms with E-state index >= 15 is 0 Å². The highest BCUT2D eigenvalue weighted by Crippen LogP contribution is 2.26. The van der Waals surface area contributed by atoms with E-state index in [4.69, 9.17) is 4.52 Å². The molecule has 128 valence electrons. The van der Waals surface area contributed by atoms with Crippen molar-refractivity contribution in [2.75, 3.05) is 0 Å². The Morgan fingerprint density at radius 2 is 2.08 bits per heavy atom. The molecule has 1 fully saturated rings. The minimum Gasteiger partial charge on any atom is -0.353 e. The molecule has 2 heterocycles. The predicted molar refractivity (Wildman–Crippen MR) is 90.0 cm³/mol. The standard InChI is InChI=1S/C18H24N4O2/c1-2-13-5-3-4-6-15(13)20-16(23)7-8-17-21-18(22-24-17)14-9-11-19-12-10-14/h9-13,15H,2-8H2,1H3,(H,20,23). The summed E-state index contributed by atoms with van der Waals surface area (Å²) >= 11 is 0. The molecule has 2 unspecified atom stereocenters. The van der Waals surface area contributed by atoms with Crippen LogP contribution in [0.25, 0.3) is 11.4 Å². The van der Waals surface area contributed by atoms with Crippen LogP contribution in [0.4, 0.5) is 0 Å². The lowest BCUT2D eigenvalue weighted by molar-refractivity contribution is -0.122. The van der Waals surface area contributed by atoms with E-state index in [1.165, 1.54) is 19.3 Å². The highest BCUT2D eigenvalue weighted by atomic mass is 16.5. The molecule has 2 atom stereocenters. The third kappa shape index (κ3) is 4.19. The summed E-state index contributed by atoms with van der Waals surface area (Å²) in [6.45, 7) is 2.20. The molecule has 1 N–H and O–H groups in total. The van der Waals surface area contributed by atoms with E-state index in [1.807, 2.05) is 12.1 Å². The quantitative estimate of drug-likeness (QED) is 0.881. The molecule has 1 amide bonds. The van der Waals surface area contributed by atoms with Crippen molar-refractivity contribution in [2.24, 2.45) is 5.92 Å². The van der Waals surface area contributed by atoms with E-state index in [2.05, 4.69) is 27.4 Å². The largest absolute Gasteiger partial charge is 0.353 e. The molecule has 0 bridgehead atoms. The third-order valence-electron chi connectivity index (χ3n) is 4.75. The fourth-order valence-corrected chi connectivity index (χ4v) is 3.36. The maximum absolute atomic E-state index is 12.2. The normalized spacial score (nSPS) is 20.7. The summed E-state index contributed by atoms with van der Waals surface area (Å²) in [5.74, 6) is 1.71. The summed E-state index contributed by atoms with van der Waals surface area (Å²) < 4.78 is 5.24. The molecule has 6 nitrogen and oxygen atoms in total. The third-order valence-corrected chi connectivity index (χ3v) is 4.75. The molecule has 2 aromatic rings. The lowest BCUT2D eigenvalue weighted by Crippen LogP contribution is -2.42. The van der Waals surface area contributed by atoms with Gasteiger partial charge in [0.25, 0.3) is 0 Å². The molecular formula is C18H24N4O2. The van der Waals surface area contributed by atoms with Gasteiger partial charge in [0.2, 0.25) is 17.6 Å². The van der Waals surface area contributed by atoms with Gasteiger partial charge in [0.05, 0.1) is 0 Å². The fraction of sp³-hybridized carbons (Fsp3) is 0.556. The molecule has 1 saturated carbocycles. The lowest BCUT2D eigenvalue weighted by Gasteiger charge is -2.31. The molecule has 24 heavy (non-hydrogen) atoms. The molecule has 0 aliphatic heterocycles. The molecule has 0 aromatic carbocycles. The maximum Gasteiger partial charge on any atom is 0.227 e. The first-order valence-corrected chi connectivity index (χ1v) is 8.78. The van der Waals surface area contributed by atoms with Gasteiger partial charge in [0.1, 0.15) is 0 Å². The highest BCUT2D eigenvalue weighted by Gasteiger charge is 2.25. The summed E-state index contributed by atoms with van der Waals surface area (Å²) in [6, 6.07) is 3.98. The molecule has 2 aromatic heterocycles. The van der Waals surface area contributed by atoms with Gasteiger partial charge in [-0.25, -0.2) is 0 Å². The van der Waals surface area contributed by atoms with Crippen molar-refractivity contribution < 1.29 is 9.32 Å². The van der Waals surface area contributed by atoms with Crippen molar-refractivity contribution >= 4 is 5.91 Å². The Balaban J connectivity index is 1.50. The second-order valence-corrected chi connectivity index (χ2v) is 6.37. The zero-order valence-electron chi connectivity index (χ0n) is 14.1. The molecule has 0 radical (unpaired) electrons. The number of amides is 1. The molecule has 0 saturated heterocycles. The van der Waals surface area contributed by atoms with Crippen LogP contribution in [0.5, 0.6) is 0 Å². The number of hydrogen-bond donors (Lipinski definition) is 1. The molecule has 0 spiro atoms. The van der Waals surface area contributed by atoms with E-state index in [9.17, 15) is 4.79 Å². The van der Waals surface area contributed by atoms with Gasteiger partial charge < -0.3 is 9.84 Å². The Labute approximate surface area is 142 Å². The first kappa shape index (κ1) is 16.6. The van der Waals surface area contributed by atoms with Crippen molar-refractivity contribution in [3.63, 3.8) is 0 Å². The van der Waals surface area contributed by atoms with Gasteiger partial charge in [-0.05, 0) is 30.9 Å². The predicted octanol–water partition coefficient (Wildman–Crippen LogP) is 3.15. The van der Waals surface area contributed by atoms with Crippen molar-refractivity contribution in [2.45, 2.75) is 57.9 Å². The number of rotatable bonds is 6. The lowest BCUT2D eigenvalue weighted by atomic mass is 9.83. The van der Waals surface area contributed by atoms with Crippen molar-refractivity contribution in [1.82, 2.24) is 20.4 Å². The summed E-state index contributed by atoms with van der Waals surface area (Å²) in [4.78, 5) is 20.5. The number of nitrogens with one attached hydrogen (secondary N) is 1. The number of aryl methyl sites for hydroxylation is 1. The van der Waals surface area contributed by atoms with E-state index in [0.29, 0.717) is 36.5 Å². The molecule has 6 heteroatoms. The van der Waals surface area contributed by atoms with Crippen molar-refractivity contribution in [3.05, 3.63) is 30.4 Å². The monoisotopic (exact) mass is 328 g/mol. The topological polar surface area (TPSA) is 80.9 Å². The highest BCUT2D eigenvalue weighted by molar-refractivity contribution is 5.76. The molecule has 3 rings (SSSR count). The van der Waals surface area contributed by atoms with Gasteiger partial charge in [-0.1, -0.05) is 31.3 Å². The number of aromatic nitrogens is 3. The maximum atomic E-state index is 12.2. The van der Waals surface area contributed by atoms with Crippen LogP contribution in [0, 0.1) is 5.92 Å². The summed E-state index contributed by atoms with van der Waals surface area (Å²) in [7, 11) is 0. The Kier molecular flexibility index (Phi) is 5.56. The Bertz CT molecular complexity index is 656. The summed E-state index contributed by atoms with van der Waals surface area (Å²) in [5.41, 5.74) is 0.859. The number of carbonyl (C=O) groups excluding carboxylic acids is 1. The minimum atomic E-state index is 0.0732. The van der Waals surface area contributed by atoms with E-state index in [0.717, 1.165) is 18.4 Å². The SMILES string of the molecule is CCC1CCCCC1NC(=O)CCc1nc(-c2ccncc2)no1. The number of pyridine rings is 1.